The van der Waals surface area contributed by atoms with Gasteiger partial charge in [0.25, 0.3) is 0 Å². The second-order valence-electron chi connectivity index (χ2n) is 15.5. The molecule has 0 heterocycles. The fraction of sp³-hybridized carbons (Fsp3) is 1.00. The molecule has 0 bridgehead atoms. The molecule has 0 aromatic rings. The first-order valence-corrected chi connectivity index (χ1v) is 22.3. The highest BCUT2D eigenvalue weighted by Gasteiger charge is 2.01. The van der Waals surface area contributed by atoms with E-state index in [9.17, 15) is 0 Å². The van der Waals surface area contributed by atoms with Gasteiger partial charge in [-0.25, -0.2) is 5.01 Å². The van der Waals surface area contributed by atoms with Crippen LogP contribution in [-0.2, 0) is 0 Å². The highest BCUT2D eigenvalue weighted by Crippen LogP contribution is 2.16. The van der Waals surface area contributed by atoms with E-state index in [0.29, 0.717) is 0 Å². The monoisotopic (exact) mass is 649 g/mol. The fourth-order valence-electron chi connectivity index (χ4n) is 7.25. The Morgan fingerprint density at radius 3 is 0.500 bits per heavy atom. The van der Waals surface area contributed by atoms with Gasteiger partial charge < -0.3 is 0 Å². The first-order valence-electron chi connectivity index (χ1n) is 22.3. The van der Waals surface area contributed by atoms with Gasteiger partial charge in [0, 0.05) is 13.1 Å². The molecule has 0 fully saturated rings. The molecule has 2 heteroatoms. The normalized spacial score (nSPS) is 11.7. The second kappa shape index (κ2) is 42.9. The molecular weight excluding hydrogens is 556 g/mol. The maximum Gasteiger partial charge on any atom is 0.0128 e. The topological polar surface area (TPSA) is 29.3 Å². The van der Waals surface area contributed by atoms with Gasteiger partial charge in [-0.05, 0) is 12.8 Å². The summed E-state index contributed by atoms with van der Waals surface area (Å²) in [5.74, 6) is 6.27. The lowest BCUT2D eigenvalue weighted by Crippen LogP contribution is -2.32. The van der Waals surface area contributed by atoms with Gasteiger partial charge in [0.05, 0.1) is 0 Å². The minimum atomic E-state index is 1.10. The van der Waals surface area contributed by atoms with E-state index in [2.05, 4.69) is 18.9 Å². The Morgan fingerprint density at radius 1 is 0.217 bits per heavy atom. The van der Waals surface area contributed by atoms with Crippen molar-refractivity contribution in [3.63, 3.8) is 0 Å². The van der Waals surface area contributed by atoms with Gasteiger partial charge in [-0.3, -0.25) is 5.84 Å². The fourth-order valence-corrected chi connectivity index (χ4v) is 7.25. The molecule has 0 aliphatic carbocycles. The average Bonchev–Trinajstić information content (AvgIpc) is 3.06. The van der Waals surface area contributed by atoms with Crippen LogP contribution < -0.4 is 5.84 Å². The van der Waals surface area contributed by atoms with Crippen molar-refractivity contribution in [1.29, 1.82) is 0 Å². The highest BCUT2D eigenvalue weighted by molar-refractivity contribution is 4.55. The van der Waals surface area contributed by atoms with Crippen molar-refractivity contribution in [2.24, 2.45) is 5.84 Å². The molecule has 46 heavy (non-hydrogen) atoms. The van der Waals surface area contributed by atoms with Crippen LogP contribution in [0.4, 0.5) is 0 Å². The summed E-state index contributed by atoms with van der Waals surface area (Å²) in [5.41, 5.74) is 0. The quantitative estimate of drug-likeness (QED) is 0.0405. The van der Waals surface area contributed by atoms with E-state index >= 15 is 0 Å². The van der Waals surface area contributed by atoms with E-state index in [0.717, 1.165) is 13.1 Å². The number of hydrogen-bond donors (Lipinski definition) is 1. The zero-order chi connectivity index (χ0) is 33.3. The van der Waals surface area contributed by atoms with E-state index in [-0.39, 0.29) is 0 Å². The van der Waals surface area contributed by atoms with E-state index in [1.807, 2.05) is 0 Å². The van der Waals surface area contributed by atoms with Gasteiger partial charge in [0.1, 0.15) is 0 Å². The van der Waals surface area contributed by atoms with Crippen LogP contribution in [-0.4, -0.2) is 18.1 Å². The predicted octanol–water partition coefficient (Wildman–Crippen LogP) is 15.8. The van der Waals surface area contributed by atoms with Crippen LogP contribution in [0.3, 0.4) is 0 Å². The van der Waals surface area contributed by atoms with E-state index in [1.54, 1.807) is 0 Å². The number of nitrogens with two attached hydrogens (primary N) is 1. The van der Waals surface area contributed by atoms with Crippen molar-refractivity contribution in [2.75, 3.05) is 13.1 Å². The van der Waals surface area contributed by atoms with Crippen LogP contribution in [0.15, 0.2) is 0 Å². The van der Waals surface area contributed by atoms with Crippen LogP contribution in [0.2, 0.25) is 0 Å². The summed E-state index contributed by atoms with van der Waals surface area (Å²) in [6, 6.07) is 0. The smallest absolute Gasteiger partial charge is 0.0128 e. The standard InChI is InChI=1S/C44H92N2/c1-3-5-7-9-11-13-15-17-19-21-23-25-27-29-31-33-35-37-39-41-43-46(45)44-42-40-38-36-34-32-30-28-26-24-22-20-18-16-14-12-10-8-6-4-2/h3-45H2,1-2H3. The minimum Gasteiger partial charge on any atom is -0.269 e. The molecule has 0 spiro atoms. The predicted molar refractivity (Wildman–Crippen MR) is 212 cm³/mol. The summed E-state index contributed by atoms with van der Waals surface area (Å²) in [6.45, 7) is 6.80. The van der Waals surface area contributed by atoms with Crippen molar-refractivity contribution in [1.82, 2.24) is 5.01 Å². The molecular formula is C44H92N2. The third kappa shape index (κ3) is 41.9. The van der Waals surface area contributed by atoms with Crippen LogP contribution >= 0.6 is 0 Å². The Balaban J connectivity index is 3.13. The Kier molecular flexibility index (Phi) is 42.9. The molecule has 0 aromatic heterocycles. The number of nitrogens with zero attached hydrogens (tertiary/aromatic N) is 1. The van der Waals surface area contributed by atoms with Crippen molar-refractivity contribution in [3.05, 3.63) is 0 Å². The van der Waals surface area contributed by atoms with Gasteiger partial charge in [-0.15, -0.1) is 0 Å². The zero-order valence-electron chi connectivity index (χ0n) is 32.7. The van der Waals surface area contributed by atoms with Crippen LogP contribution in [0.5, 0.6) is 0 Å². The van der Waals surface area contributed by atoms with Crippen molar-refractivity contribution in [2.45, 2.75) is 271 Å². The summed E-state index contributed by atoms with van der Waals surface area (Å²) in [4.78, 5) is 0. The van der Waals surface area contributed by atoms with Crippen molar-refractivity contribution >= 4 is 0 Å². The molecule has 0 aliphatic rings. The number of hydrogen-bond acceptors (Lipinski definition) is 2. The lowest BCUT2D eigenvalue weighted by atomic mass is 10.0. The third-order valence-corrected chi connectivity index (χ3v) is 10.6. The SMILES string of the molecule is CCCCCCCCCCCCCCCCCCCCCCN(N)CCCCCCCCCCCCCCCCCCCCCC. The summed E-state index contributed by atoms with van der Waals surface area (Å²) in [7, 11) is 0. The molecule has 0 aromatic carbocycles. The lowest BCUT2D eigenvalue weighted by molar-refractivity contribution is 0.268. The van der Waals surface area contributed by atoms with E-state index < -0.39 is 0 Å². The van der Waals surface area contributed by atoms with E-state index in [4.69, 9.17) is 5.84 Å². The maximum atomic E-state index is 6.27. The Morgan fingerprint density at radius 2 is 0.348 bits per heavy atom. The second-order valence-corrected chi connectivity index (χ2v) is 15.5. The van der Waals surface area contributed by atoms with Crippen molar-refractivity contribution < 1.29 is 0 Å². The van der Waals surface area contributed by atoms with Gasteiger partial charge in [0.2, 0.25) is 0 Å². The number of hydrazine groups is 1. The summed E-state index contributed by atoms with van der Waals surface area (Å²) in [5, 5.41) is 2.10. The van der Waals surface area contributed by atoms with Gasteiger partial charge >= 0.3 is 0 Å². The molecule has 0 unspecified atom stereocenters. The minimum absolute atomic E-state index is 1.10. The molecule has 0 atom stereocenters. The van der Waals surface area contributed by atoms with Crippen LogP contribution in [0.1, 0.15) is 271 Å². The molecule has 2 N–H and O–H groups in total. The third-order valence-electron chi connectivity index (χ3n) is 10.6. The summed E-state index contributed by atoms with van der Waals surface area (Å²) in [6.07, 6.45) is 57.8. The highest BCUT2D eigenvalue weighted by atomic mass is 15.4. The van der Waals surface area contributed by atoms with Gasteiger partial charge in [-0.1, -0.05) is 258 Å². The van der Waals surface area contributed by atoms with E-state index in [1.165, 1.54) is 257 Å². The molecule has 278 valence electrons. The first-order chi connectivity index (χ1) is 22.8. The molecule has 0 saturated carbocycles. The average molecular weight is 649 g/mol. The Bertz CT molecular complexity index is 462. The first kappa shape index (κ1) is 45.9. The summed E-state index contributed by atoms with van der Waals surface area (Å²) >= 11 is 0. The lowest BCUT2D eigenvalue weighted by Gasteiger charge is -2.16. The molecule has 2 nitrogen and oxygen atoms in total. The number of rotatable bonds is 42. The summed E-state index contributed by atoms with van der Waals surface area (Å²) < 4.78 is 0. The molecule has 0 amide bonds. The Hall–Kier alpha value is -0.0800. The molecule has 0 aliphatic heterocycles. The van der Waals surface area contributed by atoms with Crippen LogP contribution in [0, 0.1) is 0 Å². The molecule has 0 radical (unpaired) electrons. The maximum absolute atomic E-state index is 6.27. The molecule has 0 rings (SSSR count). The van der Waals surface area contributed by atoms with Crippen LogP contribution in [0.25, 0.3) is 0 Å². The van der Waals surface area contributed by atoms with Gasteiger partial charge in [0.15, 0.2) is 0 Å². The molecule has 0 saturated heterocycles. The van der Waals surface area contributed by atoms with Crippen molar-refractivity contribution in [3.8, 4) is 0 Å². The Labute approximate surface area is 294 Å². The number of unbranched alkanes of at least 4 members (excludes halogenated alkanes) is 38. The largest absolute Gasteiger partial charge is 0.269 e. The van der Waals surface area contributed by atoms with Gasteiger partial charge in [-0.2, -0.15) is 0 Å². The zero-order valence-corrected chi connectivity index (χ0v) is 32.7.